The largest absolute Gasteiger partial charge is 0.497 e. The Hall–Kier alpha value is -4.21. The number of benzene rings is 3. The Morgan fingerprint density at radius 3 is 2.41 bits per heavy atom. The molecule has 8 nitrogen and oxygen atoms in total. The van der Waals surface area contributed by atoms with Crippen LogP contribution in [-0.2, 0) is 9.84 Å². The lowest BCUT2D eigenvalue weighted by Crippen LogP contribution is -2.13. The molecule has 1 amide bonds. The summed E-state index contributed by atoms with van der Waals surface area (Å²) in [5.41, 5.74) is 3.68. The number of nitrogens with one attached hydrogen (secondary N) is 1. The predicted octanol–water partition coefficient (Wildman–Crippen LogP) is 5.45. The van der Waals surface area contributed by atoms with Crippen LogP contribution in [0.5, 0.6) is 5.75 Å². The third-order valence-corrected chi connectivity index (χ3v) is 7.80. The molecule has 2 heterocycles. The van der Waals surface area contributed by atoms with Crippen molar-refractivity contribution in [3.8, 4) is 17.0 Å². The molecular weight excluding hydrogens is 512 g/mol. The lowest BCUT2D eigenvalue weighted by atomic mass is 10.1. The van der Waals surface area contributed by atoms with E-state index in [2.05, 4.69) is 15.4 Å². The average molecular weight is 533 g/mol. The van der Waals surface area contributed by atoms with Crippen LogP contribution in [0.2, 0.25) is 5.02 Å². The van der Waals surface area contributed by atoms with Crippen molar-refractivity contribution >= 4 is 38.7 Å². The highest BCUT2D eigenvalue weighted by atomic mass is 35.5. The normalized spacial score (nSPS) is 11.4. The Morgan fingerprint density at radius 1 is 0.973 bits per heavy atom. The van der Waals surface area contributed by atoms with E-state index in [4.69, 9.17) is 16.3 Å². The number of anilines is 1. The second-order valence-corrected chi connectivity index (χ2v) is 10.7. The summed E-state index contributed by atoms with van der Waals surface area (Å²) in [6.45, 7) is 2.01. The van der Waals surface area contributed by atoms with Gasteiger partial charge in [-0.2, -0.15) is 5.10 Å². The topological polar surface area (TPSA) is 103 Å². The first-order valence-electron chi connectivity index (χ1n) is 11.2. The molecule has 5 rings (SSSR count). The number of rotatable bonds is 6. The highest BCUT2D eigenvalue weighted by Gasteiger charge is 2.21. The SMILES string of the molecule is COc1cc(NC(=O)c2cnn3c(-c4ccc(C)cc4)ccnc23)cc(S(=O)(=O)c2ccc(Cl)cc2)c1. The molecule has 0 spiro atoms. The lowest BCUT2D eigenvalue weighted by molar-refractivity contribution is 0.102. The third kappa shape index (κ3) is 4.78. The number of halogens is 1. The van der Waals surface area contributed by atoms with Crippen LogP contribution in [-0.4, -0.2) is 36.0 Å². The molecule has 37 heavy (non-hydrogen) atoms. The number of carbonyl (C=O) groups excluding carboxylic acids is 1. The van der Waals surface area contributed by atoms with Crippen molar-refractivity contribution in [3.63, 3.8) is 0 Å². The summed E-state index contributed by atoms with van der Waals surface area (Å²) in [5, 5.41) is 7.55. The minimum Gasteiger partial charge on any atom is -0.497 e. The molecule has 1 N–H and O–H groups in total. The number of fused-ring (bicyclic) bond motifs is 1. The standard InChI is InChI=1S/C27H21ClN4O4S/c1-17-3-5-18(6-4-17)25-11-12-29-26-24(16-30-32(25)26)27(33)31-20-13-21(36-2)15-23(14-20)37(34,35)22-9-7-19(28)8-10-22/h3-16H,1-2H3,(H,31,33). The second kappa shape index (κ2) is 9.68. The van der Waals surface area contributed by atoms with Crippen molar-refractivity contribution < 1.29 is 17.9 Å². The van der Waals surface area contributed by atoms with Crippen molar-refractivity contribution in [2.75, 3.05) is 12.4 Å². The van der Waals surface area contributed by atoms with Crippen LogP contribution < -0.4 is 10.1 Å². The van der Waals surface area contributed by atoms with Gasteiger partial charge < -0.3 is 10.1 Å². The number of hydrogen-bond donors (Lipinski definition) is 1. The van der Waals surface area contributed by atoms with E-state index in [0.29, 0.717) is 10.7 Å². The van der Waals surface area contributed by atoms with Gasteiger partial charge in [0.05, 0.1) is 28.8 Å². The number of aryl methyl sites for hydroxylation is 1. The molecule has 0 unspecified atom stereocenters. The predicted molar refractivity (Wildman–Crippen MR) is 141 cm³/mol. The number of amides is 1. The number of sulfone groups is 1. The van der Waals surface area contributed by atoms with Gasteiger partial charge >= 0.3 is 0 Å². The fraction of sp³-hybridized carbons (Fsp3) is 0.0741. The van der Waals surface area contributed by atoms with Gasteiger partial charge in [0.25, 0.3) is 5.91 Å². The molecule has 186 valence electrons. The van der Waals surface area contributed by atoms with E-state index in [1.807, 2.05) is 37.3 Å². The highest BCUT2D eigenvalue weighted by molar-refractivity contribution is 7.91. The van der Waals surface area contributed by atoms with Crippen LogP contribution >= 0.6 is 11.6 Å². The van der Waals surface area contributed by atoms with Crippen LogP contribution in [0.25, 0.3) is 16.9 Å². The van der Waals surface area contributed by atoms with E-state index >= 15 is 0 Å². The van der Waals surface area contributed by atoms with Crippen LogP contribution in [0.1, 0.15) is 15.9 Å². The fourth-order valence-corrected chi connectivity index (χ4v) is 5.31. The Labute approximate surface area is 218 Å². The minimum atomic E-state index is -3.89. The number of methoxy groups -OCH3 is 1. The van der Waals surface area contributed by atoms with E-state index < -0.39 is 15.7 Å². The van der Waals surface area contributed by atoms with Crippen molar-refractivity contribution in [2.45, 2.75) is 16.7 Å². The lowest BCUT2D eigenvalue weighted by Gasteiger charge is -2.11. The molecule has 0 radical (unpaired) electrons. The van der Waals surface area contributed by atoms with Gasteiger partial charge in [0, 0.05) is 28.5 Å². The maximum absolute atomic E-state index is 13.2. The Kier molecular flexibility index (Phi) is 6.41. The summed E-state index contributed by atoms with van der Waals surface area (Å²) < 4.78 is 33.3. The fourth-order valence-electron chi connectivity index (χ4n) is 3.86. The summed E-state index contributed by atoms with van der Waals surface area (Å²) in [6, 6.07) is 19.9. The number of carbonyl (C=O) groups is 1. The van der Waals surface area contributed by atoms with Crippen molar-refractivity contribution in [1.82, 2.24) is 14.6 Å². The number of nitrogens with zero attached hydrogens (tertiary/aromatic N) is 3. The Balaban J connectivity index is 1.49. The van der Waals surface area contributed by atoms with Crippen molar-refractivity contribution in [2.24, 2.45) is 0 Å². The maximum Gasteiger partial charge on any atom is 0.261 e. The average Bonchev–Trinajstić information content (AvgIpc) is 3.34. The van der Waals surface area contributed by atoms with Crippen molar-refractivity contribution in [3.05, 3.63) is 101 Å². The van der Waals surface area contributed by atoms with Gasteiger partial charge in [0.1, 0.15) is 11.3 Å². The van der Waals surface area contributed by atoms with Gasteiger partial charge in [-0.15, -0.1) is 0 Å². The van der Waals surface area contributed by atoms with E-state index in [-0.39, 0.29) is 26.8 Å². The smallest absolute Gasteiger partial charge is 0.261 e. The molecule has 0 saturated heterocycles. The molecule has 0 atom stereocenters. The maximum atomic E-state index is 13.2. The molecule has 0 bridgehead atoms. The minimum absolute atomic E-state index is 0.0379. The molecule has 10 heteroatoms. The van der Waals surface area contributed by atoms with Gasteiger partial charge in [-0.25, -0.2) is 17.9 Å². The molecule has 0 saturated carbocycles. The third-order valence-electron chi connectivity index (χ3n) is 5.80. The number of ether oxygens (including phenoxy) is 1. The summed E-state index contributed by atoms with van der Waals surface area (Å²) in [7, 11) is -2.48. The molecular formula is C27H21ClN4O4S. The van der Waals surface area contributed by atoms with Crippen LogP contribution in [0.15, 0.2) is 95.0 Å². The Bertz CT molecular complexity index is 1730. The number of aromatic nitrogens is 3. The summed E-state index contributed by atoms with van der Waals surface area (Å²) >= 11 is 5.90. The number of hydrogen-bond acceptors (Lipinski definition) is 6. The quantitative estimate of drug-likeness (QED) is 0.312. The summed E-state index contributed by atoms with van der Waals surface area (Å²) in [5.74, 6) is -0.225. The molecule has 0 fully saturated rings. The van der Waals surface area contributed by atoms with Gasteiger partial charge in [0.2, 0.25) is 9.84 Å². The first-order valence-corrected chi connectivity index (χ1v) is 13.0. The van der Waals surface area contributed by atoms with Crippen LogP contribution in [0.3, 0.4) is 0 Å². The first kappa shape index (κ1) is 24.5. The highest BCUT2D eigenvalue weighted by Crippen LogP contribution is 2.30. The van der Waals surface area contributed by atoms with Gasteiger partial charge in [-0.1, -0.05) is 41.4 Å². The Morgan fingerprint density at radius 2 is 1.70 bits per heavy atom. The zero-order valence-corrected chi connectivity index (χ0v) is 21.4. The van der Waals surface area contributed by atoms with Gasteiger partial charge in [0.15, 0.2) is 5.65 Å². The molecule has 3 aromatic carbocycles. The first-order chi connectivity index (χ1) is 17.8. The zero-order valence-electron chi connectivity index (χ0n) is 19.8. The van der Waals surface area contributed by atoms with Gasteiger partial charge in [-0.05, 0) is 49.4 Å². The van der Waals surface area contributed by atoms with Gasteiger partial charge in [-0.3, -0.25) is 4.79 Å². The van der Waals surface area contributed by atoms with Crippen molar-refractivity contribution in [1.29, 1.82) is 0 Å². The van der Waals surface area contributed by atoms with Crippen LogP contribution in [0, 0.1) is 6.92 Å². The van der Waals surface area contributed by atoms with E-state index in [1.165, 1.54) is 55.8 Å². The molecule has 0 aliphatic rings. The zero-order chi connectivity index (χ0) is 26.2. The monoisotopic (exact) mass is 532 g/mol. The molecule has 5 aromatic rings. The molecule has 2 aromatic heterocycles. The molecule has 0 aliphatic heterocycles. The summed E-state index contributed by atoms with van der Waals surface area (Å²) in [6.07, 6.45) is 3.05. The summed E-state index contributed by atoms with van der Waals surface area (Å²) in [4.78, 5) is 17.6. The molecule has 0 aliphatic carbocycles. The van der Waals surface area contributed by atoms with E-state index in [9.17, 15) is 13.2 Å². The van der Waals surface area contributed by atoms with E-state index in [1.54, 1.807) is 10.7 Å². The second-order valence-electron chi connectivity index (χ2n) is 8.30. The van der Waals surface area contributed by atoms with Crippen LogP contribution in [0.4, 0.5) is 5.69 Å². The van der Waals surface area contributed by atoms with E-state index in [0.717, 1.165) is 16.8 Å².